The van der Waals surface area contributed by atoms with E-state index >= 15 is 0 Å². The first-order valence-corrected chi connectivity index (χ1v) is 10.0. The molecule has 1 saturated heterocycles. The number of likely N-dealkylation sites (tertiary alicyclic amines) is 1. The lowest BCUT2D eigenvalue weighted by atomic mass is 10.2. The van der Waals surface area contributed by atoms with Crippen LogP contribution in [0, 0.1) is 0 Å². The quantitative estimate of drug-likeness (QED) is 0.267. The molecule has 1 atom stereocenters. The predicted octanol–water partition coefficient (Wildman–Crippen LogP) is 3.73. The van der Waals surface area contributed by atoms with Crippen LogP contribution >= 0.6 is 24.0 Å². The predicted molar refractivity (Wildman–Crippen MR) is 124 cm³/mol. The van der Waals surface area contributed by atoms with Crippen molar-refractivity contribution < 1.29 is 18.0 Å². The highest BCUT2D eigenvalue weighted by Gasteiger charge is 2.34. The number of rotatable bonds is 8. The van der Waals surface area contributed by atoms with Gasteiger partial charge in [-0.15, -0.1) is 24.0 Å². The number of guanidine groups is 1. The Morgan fingerprint density at radius 3 is 2.53 bits per heavy atom. The molecule has 2 rings (SSSR count). The summed E-state index contributed by atoms with van der Waals surface area (Å²) in [6.07, 6.45) is -2.23. The largest absolute Gasteiger partial charge is 0.401 e. The molecule has 1 heterocycles. The van der Waals surface area contributed by atoms with E-state index in [1.165, 1.54) is 4.90 Å². The van der Waals surface area contributed by atoms with Crippen molar-refractivity contribution >= 4 is 41.5 Å². The number of hydrogen-bond acceptors (Lipinski definition) is 3. The summed E-state index contributed by atoms with van der Waals surface area (Å²) >= 11 is 0. The summed E-state index contributed by atoms with van der Waals surface area (Å²) in [7, 11) is 0. The van der Waals surface area contributed by atoms with Crippen LogP contribution in [-0.2, 0) is 11.3 Å². The first-order valence-electron chi connectivity index (χ1n) is 10.0. The van der Waals surface area contributed by atoms with Gasteiger partial charge < -0.3 is 16.0 Å². The molecule has 0 saturated carbocycles. The third-order valence-corrected chi connectivity index (χ3v) is 4.49. The molecule has 1 aromatic rings. The Bertz CT molecular complexity index is 682. The smallest absolute Gasteiger partial charge is 0.357 e. The molecule has 1 fully saturated rings. The second-order valence-electron chi connectivity index (χ2n) is 7.17. The van der Waals surface area contributed by atoms with Gasteiger partial charge in [0.1, 0.15) is 0 Å². The third kappa shape index (κ3) is 9.96. The van der Waals surface area contributed by atoms with Crippen LogP contribution in [0.15, 0.2) is 29.3 Å². The SMILES string of the molecule is CCCC(=O)Nc1ccc(CN=C(NCC)NC2CCN(CC(F)(F)F)C2)cc1.I. The maximum atomic E-state index is 12.5. The van der Waals surface area contributed by atoms with Gasteiger partial charge in [-0.25, -0.2) is 4.99 Å². The molecule has 30 heavy (non-hydrogen) atoms. The molecule has 1 aliphatic heterocycles. The van der Waals surface area contributed by atoms with Crippen molar-refractivity contribution in [3.05, 3.63) is 29.8 Å². The molecule has 0 aliphatic carbocycles. The molecule has 170 valence electrons. The molecular weight excluding hydrogens is 510 g/mol. The summed E-state index contributed by atoms with van der Waals surface area (Å²) in [6.45, 7) is 4.87. The topological polar surface area (TPSA) is 68.8 Å². The summed E-state index contributed by atoms with van der Waals surface area (Å²) < 4.78 is 37.6. The zero-order chi connectivity index (χ0) is 21.3. The van der Waals surface area contributed by atoms with E-state index in [0.717, 1.165) is 17.7 Å². The van der Waals surface area contributed by atoms with Gasteiger partial charge in [0, 0.05) is 37.8 Å². The van der Waals surface area contributed by atoms with Gasteiger partial charge in [-0.3, -0.25) is 9.69 Å². The van der Waals surface area contributed by atoms with E-state index in [1.54, 1.807) is 0 Å². The number of benzene rings is 1. The number of nitrogens with one attached hydrogen (secondary N) is 3. The lowest BCUT2D eigenvalue weighted by molar-refractivity contribution is -0.143. The minimum absolute atomic E-state index is 0. The van der Waals surface area contributed by atoms with Crippen molar-refractivity contribution in [1.29, 1.82) is 0 Å². The highest BCUT2D eigenvalue weighted by molar-refractivity contribution is 14.0. The fraction of sp³-hybridized carbons (Fsp3) is 0.600. The van der Waals surface area contributed by atoms with Crippen LogP contribution < -0.4 is 16.0 Å². The average Bonchev–Trinajstić information content (AvgIpc) is 3.06. The van der Waals surface area contributed by atoms with Crippen LogP contribution in [0.2, 0.25) is 0 Å². The summed E-state index contributed by atoms with van der Waals surface area (Å²) in [5, 5.41) is 9.20. The van der Waals surface area contributed by atoms with Crippen molar-refractivity contribution in [1.82, 2.24) is 15.5 Å². The number of hydrogen-bond donors (Lipinski definition) is 3. The summed E-state index contributed by atoms with van der Waals surface area (Å²) in [5.74, 6) is 0.583. The Balaban J connectivity index is 0.00000450. The summed E-state index contributed by atoms with van der Waals surface area (Å²) in [5.41, 5.74) is 1.72. The second-order valence-corrected chi connectivity index (χ2v) is 7.17. The van der Waals surface area contributed by atoms with Crippen LogP contribution in [-0.4, -0.2) is 55.2 Å². The van der Waals surface area contributed by atoms with Gasteiger partial charge in [0.05, 0.1) is 13.1 Å². The van der Waals surface area contributed by atoms with E-state index in [9.17, 15) is 18.0 Å². The molecule has 0 spiro atoms. The van der Waals surface area contributed by atoms with E-state index in [4.69, 9.17) is 0 Å². The van der Waals surface area contributed by atoms with Crippen molar-refractivity contribution in [2.75, 3.05) is 31.5 Å². The lowest BCUT2D eigenvalue weighted by Crippen LogP contribution is -2.45. The highest BCUT2D eigenvalue weighted by atomic mass is 127. The van der Waals surface area contributed by atoms with Crippen LogP contribution in [0.3, 0.4) is 0 Å². The van der Waals surface area contributed by atoms with Gasteiger partial charge in [0.15, 0.2) is 5.96 Å². The molecule has 1 aromatic carbocycles. The normalized spacial score (nSPS) is 17.4. The Morgan fingerprint density at radius 1 is 1.23 bits per heavy atom. The minimum Gasteiger partial charge on any atom is -0.357 e. The average molecular weight is 541 g/mol. The Morgan fingerprint density at radius 2 is 1.93 bits per heavy atom. The number of anilines is 1. The molecule has 1 aliphatic rings. The zero-order valence-corrected chi connectivity index (χ0v) is 19.7. The van der Waals surface area contributed by atoms with Crippen LogP contribution in [0.1, 0.15) is 38.7 Å². The number of nitrogens with zero attached hydrogens (tertiary/aromatic N) is 2. The first-order chi connectivity index (χ1) is 13.8. The fourth-order valence-corrected chi connectivity index (χ4v) is 3.18. The number of alkyl halides is 3. The molecular formula is C20H31F3IN5O. The zero-order valence-electron chi connectivity index (χ0n) is 17.4. The van der Waals surface area contributed by atoms with Crippen LogP contribution in [0.4, 0.5) is 18.9 Å². The van der Waals surface area contributed by atoms with Gasteiger partial charge in [-0.05, 0) is 37.5 Å². The lowest BCUT2D eigenvalue weighted by Gasteiger charge is -2.19. The molecule has 1 unspecified atom stereocenters. The molecule has 0 radical (unpaired) electrons. The molecule has 0 aromatic heterocycles. The molecule has 1 amide bonds. The highest BCUT2D eigenvalue weighted by Crippen LogP contribution is 2.20. The van der Waals surface area contributed by atoms with Gasteiger partial charge in [0.2, 0.25) is 5.91 Å². The molecule has 10 heteroatoms. The fourth-order valence-electron chi connectivity index (χ4n) is 3.18. The monoisotopic (exact) mass is 541 g/mol. The Kier molecular flexibility index (Phi) is 11.5. The number of halogens is 4. The number of carbonyl (C=O) groups is 1. The second kappa shape index (κ2) is 13.0. The molecule has 0 bridgehead atoms. The summed E-state index contributed by atoms with van der Waals surface area (Å²) in [4.78, 5) is 17.6. The maximum absolute atomic E-state index is 12.5. The van der Waals surface area contributed by atoms with Crippen molar-refractivity contribution in [3.8, 4) is 0 Å². The standard InChI is InChI=1S/C20H30F3N5O.HI/c1-3-5-18(29)26-16-8-6-15(7-9-16)12-25-19(24-4-2)27-17-10-11-28(13-17)14-20(21,22)23;/h6-9,17H,3-5,10-14H2,1-2H3,(H,26,29)(H2,24,25,27);1H. The van der Waals surface area contributed by atoms with E-state index in [2.05, 4.69) is 20.9 Å². The number of aliphatic imine (C=N–C) groups is 1. The van der Waals surface area contributed by atoms with E-state index in [1.807, 2.05) is 38.1 Å². The van der Waals surface area contributed by atoms with E-state index < -0.39 is 12.7 Å². The van der Waals surface area contributed by atoms with E-state index in [0.29, 0.717) is 45.0 Å². The van der Waals surface area contributed by atoms with Gasteiger partial charge in [-0.1, -0.05) is 19.1 Å². The Labute approximate surface area is 193 Å². The first kappa shape index (κ1) is 26.5. The molecule has 3 N–H and O–H groups in total. The third-order valence-electron chi connectivity index (χ3n) is 4.49. The Hall–Kier alpha value is -1.56. The van der Waals surface area contributed by atoms with Gasteiger partial charge in [-0.2, -0.15) is 13.2 Å². The number of amides is 1. The minimum atomic E-state index is -4.17. The van der Waals surface area contributed by atoms with E-state index in [-0.39, 0.29) is 35.9 Å². The summed E-state index contributed by atoms with van der Waals surface area (Å²) in [6, 6.07) is 7.41. The number of carbonyl (C=O) groups excluding carboxylic acids is 1. The maximum Gasteiger partial charge on any atom is 0.401 e. The van der Waals surface area contributed by atoms with Crippen LogP contribution in [0.5, 0.6) is 0 Å². The van der Waals surface area contributed by atoms with Gasteiger partial charge in [0.25, 0.3) is 0 Å². The van der Waals surface area contributed by atoms with Gasteiger partial charge >= 0.3 is 6.18 Å². The van der Waals surface area contributed by atoms with Crippen LogP contribution in [0.25, 0.3) is 0 Å². The van der Waals surface area contributed by atoms with Crippen molar-refractivity contribution in [3.63, 3.8) is 0 Å². The molecule has 6 nitrogen and oxygen atoms in total. The van der Waals surface area contributed by atoms with Crippen molar-refractivity contribution in [2.45, 2.75) is 51.9 Å². The van der Waals surface area contributed by atoms with Crippen molar-refractivity contribution in [2.24, 2.45) is 4.99 Å².